The summed E-state index contributed by atoms with van der Waals surface area (Å²) >= 11 is 0. The summed E-state index contributed by atoms with van der Waals surface area (Å²) in [6, 6.07) is 0. The third-order valence-electron chi connectivity index (χ3n) is 0.830. The largest absolute Gasteiger partial charge is 0.517 e. The molecule has 14 heavy (non-hydrogen) atoms. The Balaban J connectivity index is 5.64. The van der Waals surface area contributed by atoms with Crippen LogP contribution in [0.25, 0.3) is 0 Å². The van der Waals surface area contributed by atoms with Crippen LogP contribution >= 0.6 is 0 Å². The summed E-state index contributed by atoms with van der Waals surface area (Å²) in [5, 5.41) is 0. The van der Waals surface area contributed by atoms with Crippen molar-refractivity contribution in [3.8, 4) is 0 Å². The van der Waals surface area contributed by atoms with E-state index in [1.54, 1.807) is 0 Å². The van der Waals surface area contributed by atoms with E-state index in [-0.39, 0.29) is 0 Å². The van der Waals surface area contributed by atoms with Crippen LogP contribution < -0.4 is 0 Å². The van der Waals surface area contributed by atoms with Crippen LogP contribution in [0.15, 0.2) is 0 Å². The molecule has 0 unspecified atom stereocenters. The molecule has 0 aliphatic carbocycles. The summed E-state index contributed by atoms with van der Waals surface area (Å²) in [6.07, 6.45) is -1.31. The van der Waals surface area contributed by atoms with Crippen LogP contribution in [-0.2, 0) is 25.2 Å². The van der Waals surface area contributed by atoms with Crippen LogP contribution in [0.3, 0.4) is 0 Å². The lowest BCUT2D eigenvalue weighted by Crippen LogP contribution is -2.41. The number of carbonyl (C=O) groups excluding carboxylic acids is 1. The number of sulfonamides is 1. The topological polar surface area (TPSA) is 88.6 Å². The minimum absolute atomic E-state index is 1.31. The minimum atomic E-state index is -6.54. The van der Waals surface area contributed by atoms with E-state index in [1.165, 1.54) is 0 Å². The van der Waals surface area contributed by atoms with Crippen LogP contribution in [-0.4, -0.2) is 32.5 Å². The highest BCUT2D eigenvalue weighted by molar-refractivity contribution is 8.03. The van der Waals surface area contributed by atoms with Crippen molar-refractivity contribution in [2.45, 2.75) is 5.51 Å². The van der Waals surface area contributed by atoms with Gasteiger partial charge in [0.15, 0.2) is 0 Å². The molecule has 0 bridgehead atoms. The highest BCUT2D eigenvalue weighted by Crippen LogP contribution is 2.27. The zero-order chi connectivity index (χ0) is 11.8. The van der Waals surface area contributed by atoms with Gasteiger partial charge in [0.2, 0.25) is 6.41 Å². The van der Waals surface area contributed by atoms with Gasteiger partial charge in [-0.25, -0.2) is 0 Å². The van der Waals surface area contributed by atoms with Crippen LogP contribution in [0.5, 0.6) is 0 Å². The summed E-state index contributed by atoms with van der Waals surface area (Å²) < 4.78 is 84.6. The molecule has 0 heterocycles. The first-order chi connectivity index (χ1) is 5.94. The van der Waals surface area contributed by atoms with Gasteiger partial charge in [-0.3, -0.25) is 4.79 Å². The fourth-order valence-corrected chi connectivity index (χ4v) is 1.94. The molecule has 0 radical (unpaired) electrons. The van der Waals surface area contributed by atoms with Gasteiger partial charge in [0.1, 0.15) is 0 Å². The lowest BCUT2D eigenvalue weighted by molar-refractivity contribution is -0.112. The quantitative estimate of drug-likeness (QED) is 0.387. The van der Waals surface area contributed by atoms with Crippen molar-refractivity contribution >= 4 is 26.8 Å². The first-order valence-corrected chi connectivity index (χ1v) is 5.23. The molecule has 0 fully saturated rings. The molecule has 0 aromatic rings. The van der Waals surface area contributed by atoms with Gasteiger partial charge in [0.05, 0.1) is 0 Å². The van der Waals surface area contributed by atoms with E-state index in [1.807, 2.05) is 0 Å². The zero-order valence-corrected chi connectivity index (χ0v) is 7.53. The van der Waals surface area contributed by atoms with Crippen LogP contribution in [0.4, 0.5) is 17.1 Å². The predicted octanol–water partition coefficient (Wildman–Crippen LogP) is -0.491. The van der Waals surface area contributed by atoms with E-state index in [0.717, 1.165) is 0 Å². The van der Waals surface area contributed by atoms with Gasteiger partial charge in [-0.15, -0.1) is 0 Å². The maximum absolute atomic E-state index is 11.9. The Morgan fingerprint density at radius 3 is 1.50 bits per heavy atom. The summed E-state index contributed by atoms with van der Waals surface area (Å²) in [7, 11) is -12.8. The highest BCUT2D eigenvalue weighted by atomic mass is 32.3. The Labute approximate surface area is 75.5 Å². The van der Waals surface area contributed by atoms with Crippen LogP contribution in [0.1, 0.15) is 0 Å². The highest BCUT2D eigenvalue weighted by Gasteiger charge is 2.54. The van der Waals surface area contributed by atoms with E-state index in [9.17, 15) is 38.7 Å². The summed E-state index contributed by atoms with van der Waals surface area (Å²) in [4.78, 5) is 9.67. The lowest BCUT2D eigenvalue weighted by Gasteiger charge is -2.13. The van der Waals surface area contributed by atoms with Crippen molar-refractivity contribution in [3.63, 3.8) is 0 Å². The van der Waals surface area contributed by atoms with Crippen molar-refractivity contribution in [3.05, 3.63) is 0 Å². The van der Waals surface area contributed by atoms with Crippen molar-refractivity contribution in [1.82, 2.24) is 3.71 Å². The molecular weight excluding hydrogens is 258 g/mol. The maximum atomic E-state index is 11.9. The Bertz CT molecular complexity index is 419. The standard InChI is InChI=1S/C2HF4NO5S2/c3-2(4,5)13(9,10)7(1-8)14(6,11)12/h1H. The normalized spacial score (nSPS) is 13.7. The summed E-state index contributed by atoms with van der Waals surface area (Å²) in [5.74, 6) is 0. The van der Waals surface area contributed by atoms with Gasteiger partial charge in [0.25, 0.3) is 0 Å². The predicted molar refractivity (Wildman–Crippen MR) is 32.9 cm³/mol. The zero-order valence-electron chi connectivity index (χ0n) is 5.89. The Hall–Kier alpha value is -0.910. The molecule has 0 atom stereocenters. The molecule has 0 spiro atoms. The number of halogens is 4. The molecule has 84 valence electrons. The van der Waals surface area contributed by atoms with E-state index in [2.05, 4.69) is 0 Å². The lowest BCUT2D eigenvalue weighted by atomic mass is 11.5. The monoisotopic (exact) mass is 259 g/mol. The number of rotatable bonds is 3. The minimum Gasteiger partial charge on any atom is -0.276 e. The van der Waals surface area contributed by atoms with Crippen LogP contribution in [0, 0.1) is 0 Å². The van der Waals surface area contributed by atoms with Gasteiger partial charge < -0.3 is 0 Å². The van der Waals surface area contributed by atoms with E-state index >= 15 is 0 Å². The fraction of sp³-hybridized carbons (Fsp3) is 0.500. The summed E-state index contributed by atoms with van der Waals surface area (Å²) in [5.41, 5.74) is -6.08. The number of alkyl halides is 3. The molecule has 12 heteroatoms. The number of nitrogens with zero attached hydrogens (tertiary/aromatic N) is 1. The number of hydrogen-bond donors (Lipinski definition) is 0. The van der Waals surface area contributed by atoms with E-state index in [4.69, 9.17) is 0 Å². The third kappa shape index (κ3) is 2.31. The molecule has 0 saturated carbocycles. The first kappa shape index (κ1) is 13.1. The SMILES string of the molecule is O=CN(S(=O)(=O)F)S(=O)(=O)C(F)(F)F. The second kappa shape index (κ2) is 3.34. The average molecular weight is 259 g/mol. The van der Waals surface area contributed by atoms with Gasteiger partial charge >= 0.3 is 25.9 Å². The Morgan fingerprint density at radius 2 is 1.43 bits per heavy atom. The van der Waals surface area contributed by atoms with Crippen molar-refractivity contribution in [2.24, 2.45) is 0 Å². The molecular formula is C2HF4NO5S2. The molecule has 0 aliphatic heterocycles. The average Bonchev–Trinajstić information content (AvgIpc) is 1.80. The van der Waals surface area contributed by atoms with Crippen molar-refractivity contribution < 1.29 is 38.7 Å². The molecule has 0 rings (SSSR count). The first-order valence-electron chi connectivity index (χ1n) is 2.45. The fourth-order valence-electron chi connectivity index (χ4n) is 0.327. The third-order valence-corrected chi connectivity index (χ3v) is 3.61. The van der Waals surface area contributed by atoms with Crippen molar-refractivity contribution in [1.29, 1.82) is 0 Å². The maximum Gasteiger partial charge on any atom is 0.517 e. The Kier molecular flexibility index (Phi) is 3.13. The number of carbonyl (C=O) groups is 1. The molecule has 0 aromatic carbocycles. The van der Waals surface area contributed by atoms with Gasteiger partial charge in [-0.05, 0) is 0 Å². The molecule has 0 aliphatic rings. The molecule has 0 N–H and O–H groups in total. The Morgan fingerprint density at radius 1 is 1.07 bits per heavy atom. The van der Waals surface area contributed by atoms with Gasteiger partial charge in [-0.2, -0.15) is 30.0 Å². The van der Waals surface area contributed by atoms with Crippen molar-refractivity contribution in [2.75, 3.05) is 0 Å². The molecule has 0 saturated heterocycles. The van der Waals surface area contributed by atoms with Gasteiger partial charge in [0, 0.05) is 0 Å². The number of amides is 1. The summed E-state index contributed by atoms with van der Waals surface area (Å²) in [6.45, 7) is 0. The van der Waals surface area contributed by atoms with E-state index < -0.39 is 36.1 Å². The van der Waals surface area contributed by atoms with Crippen LogP contribution in [0.2, 0.25) is 0 Å². The second-order valence-corrected chi connectivity index (χ2v) is 4.98. The molecule has 1 amide bonds. The second-order valence-electron chi connectivity index (χ2n) is 1.72. The molecule has 6 nitrogen and oxygen atoms in total. The molecule has 0 aromatic heterocycles. The number of hydrogen-bond acceptors (Lipinski definition) is 5. The smallest absolute Gasteiger partial charge is 0.276 e. The van der Waals surface area contributed by atoms with E-state index in [0.29, 0.717) is 0 Å². The van der Waals surface area contributed by atoms with Gasteiger partial charge in [-0.1, -0.05) is 7.60 Å².